The highest BCUT2D eigenvalue weighted by Gasteiger charge is 2.22. The molecule has 0 aromatic heterocycles. The third-order valence-corrected chi connectivity index (χ3v) is 3.24. The van der Waals surface area contributed by atoms with Crippen LogP contribution < -0.4 is 5.48 Å². The molecule has 0 bridgehead atoms. The van der Waals surface area contributed by atoms with Gasteiger partial charge in [0.1, 0.15) is 5.82 Å². The molecule has 4 nitrogen and oxygen atoms in total. The maximum atomic E-state index is 13.6. The summed E-state index contributed by atoms with van der Waals surface area (Å²) in [6, 6.07) is 0.436. The van der Waals surface area contributed by atoms with Crippen molar-refractivity contribution in [3.63, 3.8) is 0 Å². The second-order valence-electron chi connectivity index (χ2n) is 5.69. The van der Waals surface area contributed by atoms with Crippen molar-refractivity contribution in [1.82, 2.24) is 5.48 Å². The van der Waals surface area contributed by atoms with Crippen molar-refractivity contribution >= 4 is 14.3 Å². The van der Waals surface area contributed by atoms with Crippen LogP contribution in [0, 0.1) is 17.5 Å². The zero-order valence-electron chi connectivity index (χ0n) is 12.0. The predicted octanol–water partition coefficient (Wildman–Crippen LogP) is 2.85. The van der Waals surface area contributed by atoms with Crippen LogP contribution in [0.15, 0.2) is 12.1 Å². The van der Waals surface area contributed by atoms with Crippen molar-refractivity contribution < 1.29 is 27.6 Å². The lowest BCUT2D eigenvalue weighted by molar-refractivity contribution is -0.138. The van der Waals surface area contributed by atoms with Gasteiger partial charge in [-0.25, -0.2) is 18.7 Å². The van der Waals surface area contributed by atoms with Crippen molar-refractivity contribution in [3.05, 3.63) is 35.1 Å². The van der Waals surface area contributed by atoms with E-state index in [-0.39, 0.29) is 18.4 Å². The molecule has 0 amide bonds. The van der Waals surface area contributed by atoms with Crippen LogP contribution in [0.25, 0.3) is 0 Å². The molecule has 0 heterocycles. The Labute approximate surface area is 122 Å². The molecule has 0 radical (unpaired) electrons. The van der Waals surface area contributed by atoms with E-state index >= 15 is 0 Å². The Morgan fingerprint density at radius 1 is 1.24 bits per heavy atom. The number of hydrogen-bond donors (Lipinski definition) is 2. The number of carboxylic acids is 1. The Morgan fingerprint density at radius 3 is 2.33 bits per heavy atom. The largest absolute Gasteiger partial charge is 0.481 e. The minimum Gasteiger partial charge on any atom is -0.481 e. The number of nitrogens with one attached hydrogen (secondary N) is 1. The van der Waals surface area contributed by atoms with Gasteiger partial charge in [0.15, 0.2) is 11.6 Å². The average molecular weight is 321 g/mol. The van der Waals surface area contributed by atoms with Gasteiger partial charge < -0.3 is 9.63 Å². The minimum atomic E-state index is -1.95. The van der Waals surface area contributed by atoms with Crippen LogP contribution in [-0.4, -0.2) is 25.4 Å². The molecule has 1 aromatic carbocycles. The second kappa shape index (κ2) is 7.06. The second-order valence-corrected chi connectivity index (χ2v) is 10.1. The molecule has 0 aliphatic heterocycles. The summed E-state index contributed by atoms with van der Waals surface area (Å²) in [5.74, 6) is -4.47. The van der Waals surface area contributed by atoms with E-state index in [0.29, 0.717) is 6.07 Å². The molecule has 0 spiro atoms. The van der Waals surface area contributed by atoms with Crippen LogP contribution in [0.5, 0.6) is 0 Å². The van der Waals surface area contributed by atoms with Gasteiger partial charge >= 0.3 is 5.97 Å². The average Bonchev–Trinajstić information content (AvgIpc) is 2.31. The van der Waals surface area contributed by atoms with Gasteiger partial charge in [-0.3, -0.25) is 4.79 Å². The predicted molar refractivity (Wildman–Crippen MR) is 73.6 cm³/mol. The van der Waals surface area contributed by atoms with Crippen molar-refractivity contribution in [2.24, 2.45) is 0 Å². The fraction of sp³-hybridized carbons (Fsp3) is 0.462. The van der Waals surface area contributed by atoms with Gasteiger partial charge in [-0.05, 0) is 37.7 Å². The molecule has 0 saturated carbocycles. The molecule has 1 atom stereocenters. The summed E-state index contributed by atoms with van der Waals surface area (Å²) < 4.78 is 45.0. The lowest BCUT2D eigenvalue weighted by Gasteiger charge is -2.23. The number of halogens is 3. The van der Waals surface area contributed by atoms with E-state index < -0.39 is 37.8 Å². The van der Waals surface area contributed by atoms with Crippen LogP contribution in [-0.2, 0) is 15.7 Å². The number of hydroxylamine groups is 1. The van der Waals surface area contributed by atoms with Crippen LogP contribution >= 0.6 is 0 Å². The Kier molecular flexibility index (Phi) is 5.94. The summed E-state index contributed by atoms with van der Waals surface area (Å²) in [4.78, 5) is 10.8. The van der Waals surface area contributed by atoms with Gasteiger partial charge in [0.2, 0.25) is 8.32 Å². The van der Waals surface area contributed by atoms with Gasteiger partial charge in [0, 0.05) is 12.1 Å². The van der Waals surface area contributed by atoms with Gasteiger partial charge in [-0.1, -0.05) is 0 Å². The van der Waals surface area contributed by atoms with Gasteiger partial charge in [0.05, 0.1) is 6.42 Å². The first kappa shape index (κ1) is 17.7. The smallest absolute Gasteiger partial charge is 0.305 e. The number of aliphatic carboxylic acids is 1. The lowest BCUT2D eigenvalue weighted by Crippen LogP contribution is -2.41. The highest BCUT2D eigenvalue weighted by Crippen LogP contribution is 2.16. The number of hydrogen-bond acceptors (Lipinski definition) is 3. The molecule has 118 valence electrons. The Bertz CT molecular complexity index is 520. The Morgan fingerprint density at radius 2 is 1.81 bits per heavy atom. The molecule has 1 unspecified atom stereocenters. The highest BCUT2D eigenvalue weighted by atomic mass is 28.4. The van der Waals surface area contributed by atoms with Crippen LogP contribution in [0.4, 0.5) is 13.2 Å². The van der Waals surface area contributed by atoms with E-state index in [1.54, 1.807) is 0 Å². The molecule has 1 rings (SSSR count). The standard InChI is InChI=1S/C13H18F3NO3Si/c1-21(2,3)20-17-9(6-13(18)19)4-8-5-11(15)12(16)7-10(8)14/h5,7,9,17H,4,6H2,1-3H3,(H,18,19). The zero-order chi connectivity index (χ0) is 16.2. The van der Waals surface area contributed by atoms with Gasteiger partial charge in [-0.15, -0.1) is 0 Å². The number of rotatable bonds is 7. The number of carbonyl (C=O) groups is 1. The molecule has 8 heteroatoms. The summed E-state index contributed by atoms with van der Waals surface area (Å²) >= 11 is 0. The highest BCUT2D eigenvalue weighted by molar-refractivity contribution is 6.69. The monoisotopic (exact) mass is 321 g/mol. The summed E-state index contributed by atoms with van der Waals surface area (Å²) in [6.07, 6.45) is -0.456. The normalized spacial score (nSPS) is 13.2. The van der Waals surface area contributed by atoms with Crippen molar-refractivity contribution in [3.8, 4) is 0 Å². The van der Waals surface area contributed by atoms with Crippen molar-refractivity contribution in [1.29, 1.82) is 0 Å². The minimum absolute atomic E-state index is 0.105. The maximum Gasteiger partial charge on any atom is 0.305 e. The quantitative estimate of drug-likeness (QED) is 0.461. The first-order valence-electron chi connectivity index (χ1n) is 6.37. The molecule has 0 fully saturated rings. The third-order valence-electron chi connectivity index (χ3n) is 2.51. The van der Waals surface area contributed by atoms with E-state index in [2.05, 4.69) is 5.48 Å². The summed E-state index contributed by atoms with van der Waals surface area (Å²) in [5, 5.41) is 8.85. The molecule has 21 heavy (non-hydrogen) atoms. The molecule has 0 saturated heterocycles. The lowest BCUT2D eigenvalue weighted by atomic mass is 10.0. The summed E-state index contributed by atoms with van der Waals surface area (Å²) in [6.45, 7) is 5.65. The Balaban J connectivity index is 2.85. The van der Waals surface area contributed by atoms with E-state index in [9.17, 15) is 18.0 Å². The third kappa shape index (κ3) is 6.28. The van der Waals surface area contributed by atoms with E-state index in [0.717, 1.165) is 6.07 Å². The molecule has 0 aliphatic rings. The van der Waals surface area contributed by atoms with Crippen molar-refractivity contribution in [2.45, 2.75) is 38.5 Å². The van der Waals surface area contributed by atoms with E-state index in [1.165, 1.54) is 0 Å². The van der Waals surface area contributed by atoms with E-state index in [1.807, 2.05) is 19.6 Å². The fourth-order valence-electron chi connectivity index (χ4n) is 1.61. The molecular weight excluding hydrogens is 303 g/mol. The van der Waals surface area contributed by atoms with Gasteiger partial charge in [-0.2, -0.15) is 0 Å². The van der Waals surface area contributed by atoms with Crippen LogP contribution in [0.3, 0.4) is 0 Å². The first-order chi connectivity index (χ1) is 9.58. The summed E-state index contributed by atoms with van der Waals surface area (Å²) in [5.41, 5.74) is 2.49. The maximum absolute atomic E-state index is 13.6. The summed E-state index contributed by atoms with van der Waals surface area (Å²) in [7, 11) is -1.95. The topological polar surface area (TPSA) is 58.6 Å². The van der Waals surface area contributed by atoms with E-state index in [4.69, 9.17) is 9.63 Å². The SMILES string of the molecule is C[Si](C)(C)ONC(CC(=O)O)Cc1cc(F)c(F)cc1F. The first-order valence-corrected chi connectivity index (χ1v) is 9.78. The molecule has 1 aromatic rings. The fourth-order valence-corrected chi connectivity index (χ4v) is 2.13. The molecule has 0 aliphatic carbocycles. The van der Waals surface area contributed by atoms with Gasteiger partial charge in [0.25, 0.3) is 0 Å². The number of benzene rings is 1. The zero-order valence-corrected chi connectivity index (χ0v) is 13.0. The van der Waals surface area contributed by atoms with Crippen LogP contribution in [0.1, 0.15) is 12.0 Å². The molecule has 2 N–H and O–H groups in total. The van der Waals surface area contributed by atoms with Crippen LogP contribution in [0.2, 0.25) is 19.6 Å². The van der Waals surface area contributed by atoms with Crippen molar-refractivity contribution in [2.75, 3.05) is 0 Å². The molecular formula is C13H18F3NO3Si. The Hall–Kier alpha value is -1.38. The number of carboxylic acid groups (broad SMARTS) is 1.